The molecular weight excluding hydrogens is 238 g/mol. The number of nitrogens with two attached hydrogens (primary N) is 1. The van der Waals surface area contributed by atoms with Crippen LogP contribution in [0.4, 0.5) is 0 Å². The third-order valence-corrected chi connectivity index (χ3v) is 3.16. The summed E-state index contributed by atoms with van der Waals surface area (Å²) in [6.07, 6.45) is -0.0607. The molecule has 0 saturated heterocycles. The molecule has 0 amide bonds. The van der Waals surface area contributed by atoms with Crippen molar-refractivity contribution in [1.82, 2.24) is 0 Å². The fourth-order valence-electron chi connectivity index (χ4n) is 2.07. The first-order chi connectivity index (χ1) is 9.20. The van der Waals surface area contributed by atoms with E-state index < -0.39 is 6.10 Å². The Labute approximate surface area is 113 Å². The van der Waals surface area contributed by atoms with Gasteiger partial charge in [-0.2, -0.15) is 0 Å². The van der Waals surface area contributed by atoms with Gasteiger partial charge in [0.05, 0.1) is 13.2 Å². The highest BCUT2D eigenvalue weighted by atomic mass is 16.5. The monoisotopic (exact) mass is 257 g/mol. The van der Waals surface area contributed by atoms with E-state index in [4.69, 9.17) is 10.5 Å². The fourth-order valence-corrected chi connectivity index (χ4v) is 2.07. The van der Waals surface area contributed by atoms with Crippen LogP contribution in [-0.2, 0) is 6.42 Å². The molecule has 0 radical (unpaired) electrons. The summed E-state index contributed by atoms with van der Waals surface area (Å²) in [5, 5.41) is 10.3. The van der Waals surface area contributed by atoms with Crippen molar-refractivity contribution < 1.29 is 9.84 Å². The highest BCUT2D eigenvalue weighted by molar-refractivity contribution is 5.31. The second kappa shape index (κ2) is 6.36. The highest BCUT2D eigenvalue weighted by Crippen LogP contribution is 2.22. The molecule has 3 N–H and O–H groups in total. The second-order valence-electron chi connectivity index (χ2n) is 4.58. The number of methoxy groups -OCH3 is 1. The predicted molar refractivity (Wildman–Crippen MR) is 76.1 cm³/mol. The number of hydrogen-bond acceptors (Lipinski definition) is 3. The van der Waals surface area contributed by atoms with E-state index in [-0.39, 0.29) is 6.04 Å². The van der Waals surface area contributed by atoms with Gasteiger partial charge < -0.3 is 15.6 Å². The lowest BCUT2D eigenvalue weighted by Crippen LogP contribution is -2.30. The van der Waals surface area contributed by atoms with Crippen molar-refractivity contribution in [2.24, 2.45) is 5.73 Å². The number of rotatable bonds is 5. The van der Waals surface area contributed by atoms with Crippen LogP contribution in [0, 0.1) is 0 Å². The van der Waals surface area contributed by atoms with Gasteiger partial charge in [-0.25, -0.2) is 0 Å². The Morgan fingerprint density at radius 2 is 1.84 bits per heavy atom. The lowest BCUT2D eigenvalue weighted by atomic mass is 9.97. The van der Waals surface area contributed by atoms with E-state index in [9.17, 15) is 5.11 Å². The van der Waals surface area contributed by atoms with Crippen LogP contribution in [0.1, 0.15) is 17.2 Å². The molecule has 2 aromatic rings. The van der Waals surface area contributed by atoms with Crippen molar-refractivity contribution in [2.45, 2.75) is 18.6 Å². The molecule has 0 aliphatic heterocycles. The van der Waals surface area contributed by atoms with E-state index in [1.807, 2.05) is 54.6 Å². The van der Waals surface area contributed by atoms with Gasteiger partial charge in [-0.15, -0.1) is 0 Å². The third-order valence-electron chi connectivity index (χ3n) is 3.16. The normalized spacial score (nSPS) is 13.8. The predicted octanol–water partition coefficient (Wildman–Crippen LogP) is 2.30. The Balaban J connectivity index is 2.08. The highest BCUT2D eigenvalue weighted by Gasteiger charge is 2.17. The maximum Gasteiger partial charge on any atom is 0.119 e. The van der Waals surface area contributed by atoms with Crippen molar-refractivity contribution in [3.63, 3.8) is 0 Å². The maximum atomic E-state index is 10.3. The lowest BCUT2D eigenvalue weighted by Gasteiger charge is -2.19. The Kier molecular flexibility index (Phi) is 4.55. The Bertz CT molecular complexity index is 513. The van der Waals surface area contributed by atoms with Crippen LogP contribution in [0.25, 0.3) is 0 Å². The molecule has 0 aliphatic carbocycles. The molecule has 0 fully saturated rings. The van der Waals surface area contributed by atoms with Gasteiger partial charge >= 0.3 is 0 Å². The Hall–Kier alpha value is -1.84. The van der Waals surface area contributed by atoms with Crippen LogP contribution in [0.2, 0.25) is 0 Å². The van der Waals surface area contributed by atoms with E-state index in [0.717, 1.165) is 16.9 Å². The number of hydrogen-bond donors (Lipinski definition) is 2. The van der Waals surface area contributed by atoms with E-state index in [1.165, 1.54) is 0 Å². The zero-order chi connectivity index (χ0) is 13.7. The molecule has 19 heavy (non-hydrogen) atoms. The van der Waals surface area contributed by atoms with Crippen LogP contribution in [-0.4, -0.2) is 18.3 Å². The number of ether oxygens (including phenoxy) is 1. The van der Waals surface area contributed by atoms with Gasteiger partial charge in [0.1, 0.15) is 5.75 Å². The van der Waals surface area contributed by atoms with Crippen LogP contribution < -0.4 is 10.5 Å². The zero-order valence-electron chi connectivity index (χ0n) is 11.0. The van der Waals surface area contributed by atoms with Crippen molar-refractivity contribution in [1.29, 1.82) is 0 Å². The largest absolute Gasteiger partial charge is 0.497 e. The first-order valence-corrected chi connectivity index (χ1v) is 6.32. The van der Waals surface area contributed by atoms with Gasteiger partial charge in [-0.3, -0.25) is 0 Å². The fraction of sp³-hybridized carbons (Fsp3) is 0.250. The Morgan fingerprint density at radius 1 is 1.11 bits per heavy atom. The molecule has 2 atom stereocenters. The first kappa shape index (κ1) is 13.6. The molecule has 2 unspecified atom stereocenters. The molecule has 0 heterocycles. The molecule has 0 aromatic heterocycles. The average Bonchev–Trinajstić information content (AvgIpc) is 2.47. The number of aliphatic hydroxyl groups is 1. The molecule has 0 saturated carbocycles. The van der Waals surface area contributed by atoms with Crippen molar-refractivity contribution >= 4 is 0 Å². The van der Waals surface area contributed by atoms with E-state index in [2.05, 4.69) is 0 Å². The van der Waals surface area contributed by atoms with E-state index in [1.54, 1.807) is 7.11 Å². The van der Waals surface area contributed by atoms with Crippen molar-refractivity contribution in [3.05, 3.63) is 65.7 Å². The van der Waals surface area contributed by atoms with Gasteiger partial charge in [0.2, 0.25) is 0 Å². The van der Waals surface area contributed by atoms with Crippen LogP contribution >= 0.6 is 0 Å². The minimum absolute atomic E-state index is 0.338. The van der Waals surface area contributed by atoms with Gasteiger partial charge in [-0.1, -0.05) is 42.5 Å². The summed E-state index contributed by atoms with van der Waals surface area (Å²) in [5.74, 6) is 0.725. The standard InChI is InChI=1S/C16H19NO2/c1-19-14-9-5-8-13(11-14)16(18)15(17)10-12-6-3-2-4-7-12/h2-9,11,15-16,18H,10,17H2,1H3. The van der Waals surface area contributed by atoms with Gasteiger partial charge in [0.15, 0.2) is 0 Å². The molecule has 100 valence electrons. The number of aliphatic hydroxyl groups excluding tert-OH is 1. The summed E-state index contributed by atoms with van der Waals surface area (Å²) in [4.78, 5) is 0. The molecule has 0 spiro atoms. The summed E-state index contributed by atoms with van der Waals surface area (Å²) in [7, 11) is 1.61. The summed E-state index contributed by atoms with van der Waals surface area (Å²) < 4.78 is 5.15. The van der Waals surface area contributed by atoms with Gasteiger partial charge in [0.25, 0.3) is 0 Å². The summed E-state index contributed by atoms with van der Waals surface area (Å²) in [6.45, 7) is 0. The maximum absolute atomic E-state index is 10.3. The molecule has 0 bridgehead atoms. The SMILES string of the molecule is COc1cccc(C(O)C(N)Cc2ccccc2)c1. The molecule has 2 aromatic carbocycles. The first-order valence-electron chi connectivity index (χ1n) is 6.32. The Morgan fingerprint density at radius 3 is 2.53 bits per heavy atom. The average molecular weight is 257 g/mol. The lowest BCUT2D eigenvalue weighted by molar-refractivity contribution is 0.146. The molecule has 0 aliphatic rings. The van der Waals surface area contributed by atoms with Crippen LogP contribution in [0.5, 0.6) is 5.75 Å². The summed E-state index contributed by atoms with van der Waals surface area (Å²) in [6, 6.07) is 17.0. The smallest absolute Gasteiger partial charge is 0.119 e. The minimum Gasteiger partial charge on any atom is -0.497 e. The van der Waals surface area contributed by atoms with Gasteiger partial charge in [0, 0.05) is 6.04 Å². The topological polar surface area (TPSA) is 55.5 Å². The molecule has 3 nitrogen and oxygen atoms in total. The van der Waals surface area contributed by atoms with Crippen LogP contribution in [0.3, 0.4) is 0 Å². The molecule has 2 rings (SSSR count). The molecular formula is C16H19NO2. The third kappa shape index (κ3) is 3.56. The quantitative estimate of drug-likeness (QED) is 0.864. The summed E-state index contributed by atoms with van der Waals surface area (Å²) in [5.41, 5.74) is 7.98. The van der Waals surface area contributed by atoms with Crippen molar-refractivity contribution in [3.8, 4) is 5.75 Å². The second-order valence-corrected chi connectivity index (χ2v) is 4.58. The van der Waals surface area contributed by atoms with E-state index in [0.29, 0.717) is 6.42 Å². The van der Waals surface area contributed by atoms with E-state index >= 15 is 0 Å². The van der Waals surface area contributed by atoms with Gasteiger partial charge in [-0.05, 0) is 29.7 Å². The minimum atomic E-state index is -0.699. The van der Waals surface area contributed by atoms with Crippen molar-refractivity contribution in [2.75, 3.05) is 7.11 Å². The van der Waals surface area contributed by atoms with Crippen LogP contribution in [0.15, 0.2) is 54.6 Å². The number of benzene rings is 2. The molecule has 3 heteroatoms. The zero-order valence-corrected chi connectivity index (χ0v) is 11.0. The summed E-state index contributed by atoms with van der Waals surface area (Å²) >= 11 is 0.